The molecule has 122 valence electrons. The molecule has 0 amide bonds. The highest BCUT2D eigenvalue weighted by atomic mass is 32.2. The van der Waals surface area contributed by atoms with Gasteiger partial charge in [-0.1, -0.05) is 22.8 Å². The molecule has 1 atom stereocenters. The van der Waals surface area contributed by atoms with Gasteiger partial charge >= 0.3 is 0 Å². The van der Waals surface area contributed by atoms with Crippen LogP contribution >= 0.6 is 0 Å². The summed E-state index contributed by atoms with van der Waals surface area (Å²) in [7, 11) is -5.76. The first-order valence-corrected chi connectivity index (χ1v) is 11.6. The molecule has 1 aromatic carbocycles. The predicted octanol–water partition coefficient (Wildman–Crippen LogP) is 3.23. The largest absolute Gasteiger partial charge is 0.412 e. The summed E-state index contributed by atoms with van der Waals surface area (Å²) in [5.74, 6) is 0. The molecule has 0 N–H and O–H groups in total. The third kappa shape index (κ3) is 6.59. The zero-order valence-electron chi connectivity index (χ0n) is 13.2. The van der Waals surface area contributed by atoms with E-state index >= 15 is 0 Å². The molecule has 0 heterocycles. The first kappa shape index (κ1) is 18.7. The van der Waals surface area contributed by atoms with Crippen molar-refractivity contribution in [2.24, 2.45) is 5.11 Å². The number of rotatable bonds is 8. The topological polar surface area (TPSA) is 101 Å². The molecule has 0 aliphatic heterocycles. The summed E-state index contributed by atoms with van der Waals surface area (Å²) in [6.45, 7) is 7.61. The van der Waals surface area contributed by atoms with Gasteiger partial charge in [0, 0.05) is 4.91 Å². The minimum Gasteiger partial charge on any atom is -0.412 e. The fourth-order valence-corrected chi connectivity index (χ4v) is 3.77. The van der Waals surface area contributed by atoms with E-state index in [1.807, 2.05) is 26.6 Å². The van der Waals surface area contributed by atoms with Gasteiger partial charge in [0.25, 0.3) is 10.1 Å². The van der Waals surface area contributed by atoms with Crippen LogP contribution in [0.4, 0.5) is 0 Å². The molecule has 0 aromatic heterocycles. The van der Waals surface area contributed by atoms with Crippen LogP contribution in [0.5, 0.6) is 0 Å². The zero-order valence-corrected chi connectivity index (χ0v) is 15.0. The minimum atomic E-state index is -3.85. The van der Waals surface area contributed by atoms with Crippen LogP contribution in [0.25, 0.3) is 10.4 Å². The van der Waals surface area contributed by atoms with E-state index in [9.17, 15) is 8.42 Å². The van der Waals surface area contributed by atoms with Crippen LogP contribution in [0.15, 0.2) is 34.3 Å². The highest BCUT2D eigenvalue weighted by Crippen LogP contribution is 2.15. The van der Waals surface area contributed by atoms with E-state index in [1.165, 1.54) is 12.1 Å². The molecular weight excluding hydrogens is 322 g/mol. The summed E-state index contributed by atoms with van der Waals surface area (Å²) in [5.41, 5.74) is 9.36. The van der Waals surface area contributed by atoms with Crippen molar-refractivity contribution in [2.75, 3.05) is 13.2 Å². The quantitative estimate of drug-likeness (QED) is 0.238. The highest BCUT2D eigenvalue weighted by molar-refractivity contribution is 7.86. The fourth-order valence-electron chi connectivity index (χ4n) is 1.69. The minimum absolute atomic E-state index is 0.0319. The van der Waals surface area contributed by atoms with Crippen molar-refractivity contribution in [3.8, 4) is 0 Å². The molecular formula is C13H21N3O4SSi. The molecule has 1 aromatic rings. The molecule has 0 aliphatic rings. The van der Waals surface area contributed by atoms with Crippen molar-refractivity contribution in [3.05, 3.63) is 40.3 Å². The van der Waals surface area contributed by atoms with Gasteiger partial charge in [-0.15, -0.1) is 0 Å². The Bertz CT molecular complexity index is 634. The summed E-state index contributed by atoms with van der Waals surface area (Å²) in [4.78, 5) is 2.76. The van der Waals surface area contributed by atoms with Gasteiger partial charge in [0.05, 0.1) is 24.2 Å². The first-order chi connectivity index (χ1) is 10.1. The Morgan fingerprint density at radius 3 is 2.36 bits per heavy atom. The smallest absolute Gasteiger partial charge is 0.297 e. The number of benzene rings is 1. The lowest BCUT2D eigenvalue weighted by Crippen LogP contribution is -2.36. The van der Waals surface area contributed by atoms with E-state index in [-0.39, 0.29) is 18.0 Å². The van der Waals surface area contributed by atoms with Crippen LogP contribution in [-0.2, 0) is 18.7 Å². The molecule has 1 rings (SSSR count). The van der Waals surface area contributed by atoms with Gasteiger partial charge in [-0.2, -0.15) is 8.42 Å². The lowest BCUT2D eigenvalue weighted by atomic mass is 10.2. The van der Waals surface area contributed by atoms with Crippen LogP contribution < -0.4 is 0 Å². The van der Waals surface area contributed by atoms with Gasteiger partial charge in [-0.25, -0.2) is 0 Å². The van der Waals surface area contributed by atoms with Crippen molar-refractivity contribution in [1.29, 1.82) is 0 Å². The Morgan fingerprint density at radius 2 is 1.86 bits per heavy atom. The molecule has 0 radical (unpaired) electrons. The Balaban J connectivity index is 2.77. The standard InChI is InChI=1S/C13H21N3O4SSi/c1-11-5-7-13(8-6-11)21(17,18)19-10-12(9-15-16-14)20-22(2,3)4/h5-8,12H,9-10H2,1-4H3. The maximum atomic E-state index is 12.1. The third-order valence-electron chi connectivity index (χ3n) is 2.59. The average Bonchev–Trinajstić information content (AvgIpc) is 2.41. The maximum Gasteiger partial charge on any atom is 0.297 e. The van der Waals surface area contributed by atoms with Crippen LogP contribution in [-0.4, -0.2) is 36.0 Å². The van der Waals surface area contributed by atoms with Crippen LogP contribution in [0.1, 0.15) is 5.56 Å². The van der Waals surface area contributed by atoms with Gasteiger partial charge < -0.3 is 4.43 Å². The first-order valence-electron chi connectivity index (χ1n) is 6.79. The Kier molecular flexibility index (Phi) is 6.58. The Labute approximate surface area is 132 Å². The molecule has 1 unspecified atom stereocenters. The predicted molar refractivity (Wildman–Crippen MR) is 86.5 cm³/mol. The van der Waals surface area contributed by atoms with E-state index in [2.05, 4.69) is 10.0 Å². The van der Waals surface area contributed by atoms with Gasteiger partial charge in [-0.3, -0.25) is 4.18 Å². The van der Waals surface area contributed by atoms with E-state index in [0.29, 0.717) is 0 Å². The summed E-state index contributed by atoms with van der Waals surface area (Å²) in [6, 6.07) is 6.39. The van der Waals surface area contributed by atoms with Gasteiger partial charge in [0.15, 0.2) is 8.32 Å². The van der Waals surface area contributed by atoms with Crippen LogP contribution in [0, 0.1) is 6.92 Å². The van der Waals surface area contributed by atoms with Crippen molar-refractivity contribution in [1.82, 2.24) is 0 Å². The second kappa shape index (κ2) is 7.75. The summed E-state index contributed by atoms with van der Waals surface area (Å²) < 4.78 is 35.1. The number of hydrogen-bond acceptors (Lipinski definition) is 5. The molecule has 0 saturated carbocycles. The molecule has 0 spiro atoms. The van der Waals surface area contributed by atoms with Crippen LogP contribution in [0.2, 0.25) is 19.6 Å². The number of azide groups is 1. The summed E-state index contributed by atoms with van der Waals surface area (Å²) >= 11 is 0. The van der Waals surface area contributed by atoms with Crippen molar-refractivity contribution < 1.29 is 17.0 Å². The lowest BCUT2D eigenvalue weighted by molar-refractivity contribution is 0.132. The molecule has 0 fully saturated rings. The Hall–Kier alpha value is -1.38. The molecule has 0 saturated heterocycles. The van der Waals surface area contributed by atoms with E-state index in [1.54, 1.807) is 12.1 Å². The molecule has 9 heteroatoms. The second-order valence-electron chi connectivity index (χ2n) is 5.82. The SMILES string of the molecule is Cc1ccc(S(=O)(=O)OCC(CN=[N+]=[N-])O[Si](C)(C)C)cc1. The van der Waals surface area contributed by atoms with E-state index in [4.69, 9.17) is 14.1 Å². The van der Waals surface area contributed by atoms with Gasteiger partial charge in [-0.05, 0) is 44.2 Å². The van der Waals surface area contributed by atoms with Crippen LogP contribution in [0.3, 0.4) is 0 Å². The monoisotopic (exact) mass is 343 g/mol. The Morgan fingerprint density at radius 1 is 1.27 bits per heavy atom. The maximum absolute atomic E-state index is 12.1. The lowest BCUT2D eigenvalue weighted by Gasteiger charge is -2.24. The number of aryl methyl sites for hydroxylation is 1. The fraction of sp³-hybridized carbons (Fsp3) is 0.538. The second-order valence-corrected chi connectivity index (χ2v) is 11.9. The summed E-state index contributed by atoms with van der Waals surface area (Å²) in [5, 5.41) is 3.44. The third-order valence-corrected chi connectivity index (χ3v) is 4.92. The average molecular weight is 343 g/mol. The molecule has 7 nitrogen and oxygen atoms in total. The van der Waals surface area contributed by atoms with Crippen molar-refractivity contribution in [3.63, 3.8) is 0 Å². The molecule has 0 aliphatic carbocycles. The molecule has 22 heavy (non-hydrogen) atoms. The normalized spacial score (nSPS) is 13.5. The van der Waals surface area contributed by atoms with Gasteiger partial charge in [0.1, 0.15) is 0 Å². The van der Waals surface area contributed by atoms with E-state index < -0.39 is 24.5 Å². The molecule has 0 bridgehead atoms. The van der Waals surface area contributed by atoms with Crippen molar-refractivity contribution in [2.45, 2.75) is 37.6 Å². The summed E-state index contributed by atoms with van der Waals surface area (Å²) in [6.07, 6.45) is -0.581. The highest BCUT2D eigenvalue weighted by Gasteiger charge is 2.24. The zero-order chi connectivity index (χ0) is 16.8. The van der Waals surface area contributed by atoms with Crippen molar-refractivity contribution >= 4 is 18.4 Å². The number of hydrogen-bond donors (Lipinski definition) is 0. The van der Waals surface area contributed by atoms with Gasteiger partial charge in [0.2, 0.25) is 0 Å². The van der Waals surface area contributed by atoms with E-state index in [0.717, 1.165) is 5.56 Å². The number of nitrogens with zero attached hydrogens (tertiary/aromatic N) is 3.